The molecule has 1 amide bonds. The molecule has 6 nitrogen and oxygen atoms in total. The molecule has 0 heterocycles. The fourth-order valence-electron chi connectivity index (χ4n) is 2.61. The van der Waals surface area contributed by atoms with Crippen LogP contribution in [0.25, 0.3) is 0 Å². The summed E-state index contributed by atoms with van der Waals surface area (Å²) in [5.74, 6) is 0.518. The maximum atomic E-state index is 12.1. The molecule has 27 heavy (non-hydrogen) atoms. The van der Waals surface area contributed by atoms with Crippen molar-refractivity contribution in [2.45, 2.75) is 19.8 Å². The summed E-state index contributed by atoms with van der Waals surface area (Å²) in [6, 6.07) is 15.0. The van der Waals surface area contributed by atoms with Crippen LogP contribution in [0.2, 0.25) is 0 Å². The minimum atomic E-state index is -3.40. The average molecular weight is 391 g/mol. The number of hydrogen-bond acceptors (Lipinski definition) is 4. The summed E-state index contributed by atoms with van der Waals surface area (Å²) >= 11 is 0. The van der Waals surface area contributed by atoms with E-state index in [1.54, 1.807) is 7.11 Å². The third kappa shape index (κ3) is 7.03. The third-order valence-corrected chi connectivity index (χ3v) is 5.48. The molecule has 0 saturated carbocycles. The molecule has 0 bridgehead atoms. The Morgan fingerprint density at radius 1 is 1.11 bits per heavy atom. The van der Waals surface area contributed by atoms with Gasteiger partial charge in [-0.3, -0.25) is 4.79 Å². The van der Waals surface area contributed by atoms with Crippen molar-refractivity contribution >= 4 is 21.6 Å². The minimum absolute atomic E-state index is 0.0963. The lowest BCUT2D eigenvalue weighted by atomic mass is 10.1. The van der Waals surface area contributed by atoms with Crippen LogP contribution in [0.4, 0.5) is 5.69 Å². The molecule has 1 N–H and O–H groups in total. The monoisotopic (exact) mass is 390 g/mol. The lowest BCUT2D eigenvalue weighted by Gasteiger charge is -2.20. The van der Waals surface area contributed by atoms with Crippen LogP contribution >= 0.6 is 0 Å². The first kappa shape index (κ1) is 20.9. The van der Waals surface area contributed by atoms with Gasteiger partial charge < -0.3 is 10.1 Å². The van der Waals surface area contributed by atoms with Gasteiger partial charge in [0.2, 0.25) is 15.9 Å². The average Bonchev–Trinajstić information content (AvgIpc) is 2.62. The highest BCUT2D eigenvalue weighted by atomic mass is 32.2. The van der Waals surface area contributed by atoms with Gasteiger partial charge >= 0.3 is 0 Å². The summed E-state index contributed by atoms with van der Waals surface area (Å²) in [6.07, 6.45) is 1.80. The van der Waals surface area contributed by atoms with Gasteiger partial charge in [-0.15, -0.1) is 0 Å². The highest BCUT2D eigenvalue weighted by Crippen LogP contribution is 2.14. The van der Waals surface area contributed by atoms with Gasteiger partial charge in [0.15, 0.2) is 0 Å². The molecule has 0 unspecified atom stereocenters. The van der Waals surface area contributed by atoms with Crippen LogP contribution in [0.5, 0.6) is 5.75 Å². The van der Waals surface area contributed by atoms with Gasteiger partial charge in [0, 0.05) is 25.2 Å². The molecule has 0 radical (unpaired) electrons. The van der Waals surface area contributed by atoms with Crippen molar-refractivity contribution in [3.8, 4) is 5.75 Å². The van der Waals surface area contributed by atoms with Gasteiger partial charge in [0.05, 0.1) is 13.4 Å². The Kier molecular flexibility index (Phi) is 7.38. The molecule has 0 aliphatic rings. The van der Waals surface area contributed by atoms with Crippen LogP contribution in [0.1, 0.15) is 17.5 Å². The van der Waals surface area contributed by atoms with Crippen LogP contribution < -0.4 is 10.1 Å². The Balaban J connectivity index is 1.92. The third-order valence-electron chi connectivity index (χ3n) is 4.18. The Hall–Kier alpha value is -2.38. The quantitative estimate of drug-likeness (QED) is 0.714. The van der Waals surface area contributed by atoms with Crippen LogP contribution in [0, 0.1) is 6.92 Å². The van der Waals surface area contributed by atoms with E-state index in [0.717, 1.165) is 23.1 Å². The number of rotatable bonds is 9. The van der Waals surface area contributed by atoms with E-state index in [4.69, 9.17) is 4.74 Å². The van der Waals surface area contributed by atoms with E-state index in [-0.39, 0.29) is 18.9 Å². The molecule has 0 aliphatic heterocycles. The zero-order valence-electron chi connectivity index (χ0n) is 15.9. The zero-order valence-corrected chi connectivity index (χ0v) is 16.8. The predicted molar refractivity (Wildman–Crippen MR) is 108 cm³/mol. The standard InChI is InChI=1S/C20H26N2O4S/c1-16-7-9-18(10-8-16)21-20(23)12-14-22(27(3,24)25)13-11-17-5-4-6-19(15-17)26-2/h4-10,15H,11-14H2,1-3H3,(H,21,23). The smallest absolute Gasteiger partial charge is 0.225 e. The maximum Gasteiger partial charge on any atom is 0.225 e. The fraction of sp³-hybridized carbons (Fsp3) is 0.350. The molecule has 146 valence electrons. The number of nitrogens with zero attached hydrogens (tertiary/aromatic N) is 1. The number of methoxy groups -OCH3 is 1. The van der Waals surface area contributed by atoms with E-state index in [2.05, 4.69) is 5.32 Å². The lowest BCUT2D eigenvalue weighted by Crippen LogP contribution is -2.34. The molecule has 7 heteroatoms. The fourth-order valence-corrected chi connectivity index (χ4v) is 3.46. The van der Waals surface area contributed by atoms with Gasteiger partial charge in [-0.05, 0) is 43.2 Å². The van der Waals surface area contributed by atoms with E-state index in [1.165, 1.54) is 4.31 Å². The van der Waals surface area contributed by atoms with Crippen LogP contribution in [0.3, 0.4) is 0 Å². The maximum absolute atomic E-state index is 12.1. The minimum Gasteiger partial charge on any atom is -0.497 e. The number of ether oxygens (including phenoxy) is 1. The normalized spacial score (nSPS) is 11.4. The van der Waals surface area contributed by atoms with Crippen molar-refractivity contribution in [2.24, 2.45) is 0 Å². The molecule has 2 rings (SSSR count). The topological polar surface area (TPSA) is 75.7 Å². The number of anilines is 1. The summed E-state index contributed by atoms with van der Waals surface area (Å²) in [5.41, 5.74) is 2.79. The van der Waals surface area contributed by atoms with Gasteiger partial charge in [-0.2, -0.15) is 0 Å². The lowest BCUT2D eigenvalue weighted by molar-refractivity contribution is -0.116. The van der Waals surface area contributed by atoms with Gasteiger partial charge in [-0.1, -0.05) is 29.8 Å². The van der Waals surface area contributed by atoms with Crippen molar-refractivity contribution in [2.75, 3.05) is 31.8 Å². The zero-order chi connectivity index (χ0) is 19.9. The number of amides is 1. The molecule has 0 aromatic heterocycles. The highest BCUT2D eigenvalue weighted by molar-refractivity contribution is 7.88. The van der Waals surface area contributed by atoms with Gasteiger partial charge in [0.1, 0.15) is 5.75 Å². The van der Waals surface area contributed by atoms with Crippen LogP contribution in [-0.2, 0) is 21.2 Å². The molecule has 2 aromatic carbocycles. The molecule has 0 saturated heterocycles. The van der Waals surface area contributed by atoms with E-state index in [1.807, 2.05) is 55.5 Å². The molecular weight excluding hydrogens is 364 g/mol. The Morgan fingerprint density at radius 2 is 1.81 bits per heavy atom. The van der Waals surface area contributed by atoms with E-state index in [9.17, 15) is 13.2 Å². The van der Waals surface area contributed by atoms with Crippen molar-refractivity contribution in [1.29, 1.82) is 0 Å². The second kappa shape index (κ2) is 9.53. The molecule has 0 atom stereocenters. The Labute approximate surface area is 161 Å². The van der Waals surface area contributed by atoms with Crippen molar-refractivity contribution in [1.82, 2.24) is 4.31 Å². The first-order chi connectivity index (χ1) is 12.8. The number of benzene rings is 2. The number of hydrogen-bond donors (Lipinski definition) is 1. The molecule has 2 aromatic rings. The Morgan fingerprint density at radius 3 is 2.44 bits per heavy atom. The number of sulfonamides is 1. The van der Waals surface area contributed by atoms with Crippen LogP contribution in [-0.4, -0.2) is 45.1 Å². The molecular formula is C20H26N2O4S. The summed E-state index contributed by atoms with van der Waals surface area (Å²) in [7, 11) is -1.81. The van der Waals surface area contributed by atoms with E-state index >= 15 is 0 Å². The second-order valence-electron chi connectivity index (χ2n) is 6.43. The van der Waals surface area contributed by atoms with E-state index in [0.29, 0.717) is 18.7 Å². The second-order valence-corrected chi connectivity index (χ2v) is 8.41. The largest absolute Gasteiger partial charge is 0.497 e. The van der Waals surface area contributed by atoms with Crippen molar-refractivity contribution in [3.63, 3.8) is 0 Å². The van der Waals surface area contributed by atoms with Gasteiger partial charge in [-0.25, -0.2) is 12.7 Å². The van der Waals surface area contributed by atoms with Crippen molar-refractivity contribution in [3.05, 3.63) is 59.7 Å². The summed E-state index contributed by atoms with van der Waals surface area (Å²) in [4.78, 5) is 12.1. The summed E-state index contributed by atoms with van der Waals surface area (Å²) in [6.45, 7) is 2.42. The highest BCUT2D eigenvalue weighted by Gasteiger charge is 2.18. The predicted octanol–water partition coefficient (Wildman–Crippen LogP) is 2.84. The number of aryl methyl sites for hydroxylation is 1. The first-order valence-corrected chi connectivity index (χ1v) is 10.6. The molecule has 0 aliphatic carbocycles. The van der Waals surface area contributed by atoms with E-state index < -0.39 is 10.0 Å². The van der Waals surface area contributed by atoms with Crippen molar-refractivity contribution < 1.29 is 17.9 Å². The number of nitrogens with one attached hydrogen (secondary N) is 1. The summed E-state index contributed by atoms with van der Waals surface area (Å²) < 4.78 is 30.6. The first-order valence-electron chi connectivity index (χ1n) is 8.72. The molecule has 0 fully saturated rings. The number of carbonyl (C=O) groups is 1. The molecule has 0 spiro atoms. The SMILES string of the molecule is COc1cccc(CCN(CCC(=O)Nc2ccc(C)cc2)S(C)(=O)=O)c1. The van der Waals surface area contributed by atoms with Gasteiger partial charge in [0.25, 0.3) is 0 Å². The van der Waals surface area contributed by atoms with Crippen LogP contribution in [0.15, 0.2) is 48.5 Å². The summed E-state index contributed by atoms with van der Waals surface area (Å²) in [5, 5.41) is 2.79. The Bertz CT molecular complexity index is 864. The number of carbonyl (C=O) groups excluding carboxylic acids is 1.